The van der Waals surface area contributed by atoms with Crippen LogP contribution in [0.4, 0.5) is 0 Å². The number of carbonyl (C=O) groups is 1. The number of pyridine rings is 1. The molecule has 2 aromatic heterocycles. The molecule has 3 aromatic rings. The van der Waals surface area contributed by atoms with E-state index in [1.54, 1.807) is 18.5 Å². The van der Waals surface area contributed by atoms with Crippen LogP contribution in [0.15, 0.2) is 36.7 Å². The van der Waals surface area contributed by atoms with Gasteiger partial charge in [-0.1, -0.05) is 18.5 Å². The second kappa shape index (κ2) is 5.77. The zero-order valence-electron chi connectivity index (χ0n) is 12.0. The van der Waals surface area contributed by atoms with Crippen molar-refractivity contribution < 1.29 is 4.79 Å². The van der Waals surface area contributed by atoms with Crippen LogP contribution in [-0.4, -0.2) is 21.1 Å². The zero-order chi connectivity index (χ0) is 15.7. The Morgan fingerprint density at radius 1 is 1.36 bits per heavy atom. The molecule has 2 heterocycles. The maximum atomic E-state index is 11.6. The number of aromatic nitrogens is 3. The Morgan fingerprint density at radius 3 is 2.73 bits per heavy atom. The van der Waals surface area contributed by atoms with Gasteiger partial charge in [-0.3, -0.25) is 14.9 Å². The molecule has 3 N–H and O–H groups in total. The summed E-state index contributed by atoms with van der Waals surface area (Å²) in [7, 11) is 0. The van der Waals surface area contributed by atoms with Crippen molar-refractivity contribution in [3.63, 3.8) is 0 Å². The Bertz CT molecular complexity index is 829. The highest BCUT2D eigenvalue weighted by molar-refractivity contribution is 6.34. The summed E-state index contributed by atoms with van der Waals surface area (Å²) in [6.45, 7) is 1.92. The first kappa shape index (κ1) is 14.5. The minimum atomic E-state index is -0.392. The Labute approximate surface area is 132 Å². The number of carbonyl (C=O) groups excluding carboxylic acids is 1. The van der Waals surface area contributed by atoms with Gasteiger partial charge in [0.15, 0.2) is 0 Å². The monoisotopic (exact) mass is 314 g/mol. The zero-order valence-corrected chi connectivity index (χ0v) is 12.8. The molecule has 3 rings (SSSR count). The van der Waals surface area contributed by atoms with E-state index in [1.165, 1.54) is 0 Å². The van der Waals surface area contributed by atoms with Crippen molar-refractivity contribution in [1.82, 2.24) is 15.2 Å². The number of nitrogens with one attached hydrogen (secondary N) is 1. The number of aromatic amines is 1. The molecule has 0 saturated carbocycles. The van der Waals surface area contributed by atoms with Gasteiger partial charge in [-0.25, -0.2) is 0 Å². The number of fused-ring (bicyclic) bond motifs is 1. The first-order valence-electron chi connectivity index (χ1n) is 6.99. The van der Waals surface area contributed by atoms with Crippen molar-refractivity contribution in [2.45, 2.75) is 19.3 Å². The Balaban J connectivity index is 2.21. The maximum Gasteiger partial charge on any atom is 0.226 e. The number of amides is 1. The number of hydrogen-bond acceptors (Lipinski definition) is 3. The lowest BCUT2D eigenvalue weighted by Gasteiger charge is -2.10. The molecular formula is C16H15ClN4O. The number of hydrogen-bond donors (Lipinski definition) is 2. The number of halogens is 1. The third kappa shape index (κ3) is 2.44. The first-order chi connectivity index (χ1) is 10.6. The number of benzene rings is 1. The summed E-state index contributed by atoms with van der Waals surface area (Å²) < 4.78 is 0. The fourth-order valence-corrected chi connectivity index (χ4v) is 2.88. The Hall–Kier alpha value is -2.40. The molecule has 1 atom stereocenters. The molecule has 6 heteroatoms. The van der Waals surface area contributed by atoms with Crippen molar-refractivity contribution in [1.29, 1.82) is 0 Å². The van der Waals surface area contributed by atoms with E-state index >= 15 is 0 Å². The quantitative estimate of drug-likeness (QED) is 0.775. The predicted octanol–water partition coefficient (Wildman–Crippen LogP) is 3.26. The van der Waals surface area contributed by atoms with Crippen molar-refractivity contribution in [2.75, 3.05) is 0 Å². The van der Waals surface area contributed by atoms with Crippen molar-refractivity contribution in [3.8, 4) is 11.1 Å². The van der Waals surface area contributed by atoms with Gasteiger partial charge in [-0.15, -0.1) is 0 Å². The van der Waals surface area contributed by atoms with Crippen LogP contribution in [-0.2, 0) is 4.79 Å². The molecular weight excluding hydrogens is 300 g/mol. The SMILES string of the molecule is CCC(C(N)=O)c1[nH]nc2cc(Cl)c(-c3ccncc3)cc12. The molecule has 0 bridgehead atoms. The third-order valence-corrected chi connectivity index (χ3v) is 4.08. The number of rotatable bonds is 4. The summed E-state index contributed by atoms with van der Waals surface area (Å²) in [5.41, 5.74) is 8.77. The van der Waals surface area contributed by atoms with Crippen LogP contribution >= 0.6 is 11.6 Å². The Morgan fingerprint density at radius 2 is 2.09 bits per heavy atom. The molecule has 0 aliphatic heterocycles. The molecule has 0 aliphatic carbocycles. The summed E-state index contributed by atoms with van der Waals surface area (Å²) in [6, 6.07) is 7.51. The van der Waals surface area contributed by atoms with Crippen molar-refractivity contribution in [3.05, 3.63) is 47.4 Å². The van der Waals surface area contributed by atoms with Crippen LogP contribution in [0.25, 0.3) is 22.0 Å². The van der Waals surface area contributed by atoms with Gasteiger partial charge in [-0.05, 0) is 36.2 Å². The van der Waals surface area contributed by atoms with E-state index in [-0.39, 0.29) is 5.91 Å². The van der Waals surface area contributed by atoms with Crippen LogP contribution in [0, 0.1) is 0 Å². The molecule has 1 aromatic carbocycles. The van der Waals surface area contributed by atoms with E-state index < -0.39 is 5.92 Å². The van der Waals surface area contributed by atoms with Crippen molar-refractivity contribution >= 4 is 28.4 Å². The lowest BCUT2D eigenvalue weighted by atomic mass is 9.96. The second-order valence-electron chi connectivity index (χ2n) is 5.09. The molecule has 0 spiro atoms. The topological polar surface area (TPSA) is 84.7 Å². The summed E-state index contributed by atoms with van der Waals surface area (Å²) in [5, 5.41) is 8.63. The van der Waals surface area contributed by atoms with E-state index in [4.69, 9.17) is 17.3 Å². The highest BCUT2D eigenvalue weighted by Crippen LogP contribution is 2.34. The minimum absolute atomic E-state index is 0.367. The van der Waals surface area contributed by atoms with Gasteiger partial charge in [0.2, 0.25) is 5.91 Å². The molecule has 0 saturated heterocycles. The van der Waals surface area contributed by atoms with Crippen LogP contribution in [0.3, 0.4) is 0 Å². The normalized spacial score (nSPS) is 12.5. The van der Waals surface area contributed by atoms with Gasteiger partial charge < -0.3 is 5.73 Å². The lowest BCUT2D eigenvalue weighted by molar-refractivity contribution is -0.119. The summed E-state index contributed by atoms with van der Waals surface area (Å²) in [4.78, 5) is 15.6. The molecule has 112 valence electrons. The number of H-pyrrole nitrogens is 1. The van der Waals surface area contributed by atoms with Gasteiger partial charge >= 0.3 is 0 Å². The number of nitrogens with two attached hydrogens (primary N) is 1. The molecule has 0 radical (unpaired) electrons. The predicted molar refractivity (Wildman–Crippen MR) is 86.6 cm³/mol. The van der Waals surface area contributed by atoms with Gasteiger partial charge in [0.05, 0.1) is 22.2 Å². The first-order valence-corrected chi connectivity index (χ1v) is 7.36. The fraction of sp³-hybridized carbons (Fsp3) is 0.188. The van der Waals surface area contributed by atoms with Crippen LogP contribution in [0.1, 0.15) is 25.0 Å². The second-order valence-corrected chi connectivity index (χ2v) is 5.49. The lowest BCUT2D eigenvalue weighted by Crippen LogP contribution is -2.21. The molecule has 0 fully saturated rings. The maximum absolute atomic E-state index is 11.6. The fourth-order valence-electron chi connectivity index (χ4n) is 2.62. The van der Waals surface area contributed by atoms with Crippen LogP contribution < -0.4 is 5.73 Å². The highest BCUT2D eigenvalue weighted by Gasteiger charge is 2.21. The summed E-state index contributed by atoms with van der Waals surface area (Å²) >= 11 is 6.36. The molecule has 22 heavy (non-hydrogen) atoms. The summed E-state index contributed by atoms with van der Waals surface area (Å²) in [5.74, 6) is -0.759. The Kier molecular flexibility index (Phi) is 3.81. The number of primary amides is 1. The number of nitrogens with zero attached hydrogens (tertiary/aromatic N) is 2. The van der Waals surface area contributed by atoms with Gasteiger partial charge in [0.25, 0.3) is 0 Å². The minimum Gasteiger partial charge on any atom is -0.369 e. The van der Waals surface area contributed by atoms with E-state index in [1.807, 2.05) is 25.1 Å². The molecule has 1 unspecified atom stereocenters. The van der Waals surface area contributed by atoms with Crippen LogP contribution in [0.2, 0.25) is 5.02 Å². The van der Waals surface area contributed by atoms with Gasteiger partial charge in [0.1, 0.15) is 0 Å². The average molecular weight is 315 g/mol. The van der Waals surface area contributed by atoms with Crippen LogP contribution in [0.5, 0.6) is 0 Å². The summed E-state index contributed by atoms with van der Waals surface area (Å²) in [6.07, 6.45) is 4.04. The van der Waals surface area contributed by atoms with E-state index in [9.17, 15) is 4.79 Å². The highest BCUT2D eigenvalue weighted by atomic mass is 35.5. The molecule has 1 amide bonds. The van der Waals surface area contributed by atoms with E-state index in [0.717, 1.165) is 27.7 Å². The molecule has 0 aliphatic rings. The molecule has 5 nitrogen and oxygen atoms in total. The van der Waals surface area contributed by atoms with Gasteiger partial charge in [0, 0.05) is 23.3 Å². The third-order valence-electron chi connectivity index (χ3n) is 3.76. The van der Waals surface area contributed by atoms with Gasteiger partial charge in [-0.2, -0.15) is 5.10 Å². The van der Waals surface area contributed by atoms with Crippen molar-refractivity contribution in [2.24, 2.45) is 5.73 Å². The standard InChI is InChI=1S/C16H15ClN4O/c1-2-10(16(18)22)15-12-7-11(9-3-5-19-6-4-9)13(17)8-14(12)20-21-15/h3-8,10H,2H2,1H3,(H2,18,22)(H,20,21). The smallest absolute Gasteiger partial charge is 0.226 e. The average Bonchev–Trinajstić information content (AvgIpc) is 2.90. The van der Waals surface area contributed by atoms with E-state index in [2.05, 4.69) is 15.2 Å². The van der Waals surface area contributed by atoms with E-state index in [0.29, 0.717) is 11.4 Å². The largest absolute Gasteiger partial charge is 0.369 e.